The molecule has 16 heavy (non-hydrogen) atoms. The number of rotatable bonds is 9. The molecule has 0 saturated carbocycles. The molecule has 0 aliphatic rings. The average Bonchev–Trinajstić information content (AvgIpc) is 2.20. The fourth-order valence-corrected chi connectivity index (χ4v) is 1.63. The van der Waals surface area contributed by atoms with Gasteiger partial charge in [-0.25, -0.2) is 0 Å². The van der Waals surface area contributed by atoms with Crippen LogP contribution in [0.2, 0.25) is 0 Å². The summed E-state index contributed by atoms with van der Waals surface area (Å²) in [4.78, 5) is 0. The first-order valence-electron chi connectivity index (χ1n) is 4.79. The summed E-state index contributed by atoms with van der Waals surface area (Å²) in [5.74, 6) is 1.52. The van der Waals surface area contributed by atoms with Crippen molar-refractivity contribution in [1.82, 2.24) is 0 Å². The van der Waals surface area contributed by atoms with E-state index in [-0.39, 0.29) is 0 Å². The Bertz CT molecular complexity index is 194. The van der Waals surface area contributed by atoms with Crippen molar-refractivity contribution in [2.75, 3.05) is 37.9 Å². The first kappa shape index (κ1) is 15.6. The van der Waals surface area contributed by atoms with Crippen molar-refractivity contribution in [2.24, 2.45) is 11.5 Å². The average molecular weight is 268 g/mol. The van der Waals surface area contributed by atoms with Gasteiger partial charge in [-0.2, -0.15) is 0 Å². The van der Waals surface area contributed by atoms with E-state index in [9.17, 15) is 0 Å². The number of nitrogens with two attached hydrogens (primary N) is 4. The van der Waals surface area contributed by atoms with Crippen molar-refractivity contribution in [2.45, 2.75) is 0 Å². The third-order valence-corrected chi connectivity index (χ3v) is 2.77. The Hall–Kier alpha value is -0.440. The highest BCUT2D eigenvalue weighted by molar-refractivity contribution is 8.13. The smallest absolute Gasteiger partial charge is 0.299 e. The van der Waals surface area contributed by atoms with Crippen molar-refractivity contribution in [3.8, 4) is 0 Å². The van der Waals surface area contributed by atoms with Crippen LogP contribution < -0.4 is 22.3 Å². The van der Waals surface area contributed by atoms with E-state index < -0.39 is 0 Å². The molecular formula is C8H20N4O2S2+2. The van der Waals surface area contributed by atoms with Crippen molar-refractivity contribution in [3.63, 3.8) is 0 Å². The summed E-state index contributed by atoms with van der Waals surface area (Å²) in [5, 5.41) is 11.3. The summed E-state index contributed by atoms with van der Waals surface area (Å²) in [6.45, 7) is 2.36. The largest absolute Gasteiger partial charge is 0.378 e. The lowest BCUT2D eigenvalue weighted by molar-refractivity contribution is -0.110. The van der Waals surface area contributed by atoms with Crippen molar-refractivity contribution >= 4 is 33.9 Å². The number of ether oxygens (including phenoxy) is 2. The van der Waals surface area contributed by atoms with Crippen LogP contribution in [-0.2, 0) is 9.47 Å². The molecule has 8 heteroatoms. The van der Waals surface area contributed by atoms with Gasteiger partial charge in [-0.15, -0.1) is 0 Å². The second kappa shape index (κ2) is 11.1. The van der Waals surface area contributed by atoms with Crippen LogP contribution in [0, 0.1) is 0 Å². The molecule has 0 radical (unpaired) electrons. The summed E-state index contributed by atoms with van der Waals surface area (Å²) in [6.07, 6.45) is 0. The minimum atomic E-state index is 0.368. The second-order valence-corrected chi connectivity index (χ2v) is 5.06. The predicted molar refractivity (Wildman–Crippen MR) is 68.8 cm³/mol. The van der Waals surface area contributed by atoms with E-state index in [4.69, 9.17) is 31.8 Å². The lowest BCUT2D eigenvalue weighted by Gasteiger charge is -2.03. The summed E-state index contributed by atoms with van der Waals surface area (Å²) < 4.78 is 10.6. The third-order valence-electron chi connectivity index (χ3n) is 1.36. The summed E-state index contributed by atoms with van der Waals surface area (Å²) in [6, 6.07) is 0. The number of amidine groups is 2. The van der Waals surface area contributed by atoms with Gasteiger partial charge in [0.05, 0.1) is 26.4 Å². The van der Waals surface area contributed by atoms with E-state index in [1.807, 2.05) is 0 Å². The molecular weight excluding hydrogens is 248 g/mol. The van der Waals surface area contributed by atoms with Gasteiger partial charge in [-0.1, -0.05) is 0 Å². The van der Waals surface area contributed by atoms with Crippen LogP contribution in [-0.4, -0.2) is 48.3 Å². The quantitative estimate of drug-likeness (QED) is 0.197. The summed E-state index contributed by atoms with van der Waals surface area (Å²) in [5.41, 5.74) is 10.5. The Morgan fingerprint density at radius 3 is 1.50 bits per heavy atom. The van der Waals surface area contributed by atoms with Crippen LogP contribution in [0.25, 0.3) is 0 Å². The molecule has 0 spiro atoms. The minimum Gasteiger partial charge on any atom is -0.378 e. The zero-order chi connectivity index (χ0) is 12.2. The van der Waals surface area contributed by atoms with Crippen LogP contribution in [0.1, 0.15) is 0 Å². The molecule has 6 nitrogen and oxygen atoms in total. The fourth-order valence-electron chi connectivity index (χ4n) is 0.759. The molecule has 0 atom stereocenters. The van der Waals surface area contributed by atoms with Gasteiger partial charge in [0.2, 0.25) is 0 Å². The number of hydrogen-bond donors (Lipinski definition) is 4. The third kappa shape index (κ3) is 13.6. The molecule has 0 rings (SSSR count). The van der Waals surface area contributed by atoms with Crippen molar-refractivity contribution in [3.05, 3.63) is 0 Å². The molecule has 0 aromatic heterocycles. The molecule has 0 amide bonds. The SMILES string of the molecule is NC(=[NH2+])SCCOCCOCCSC(N)=[NH2+]. The molecule has 8 N–H and O–H groups in total. The Morgan fingerprint density at radius 2 is 1.19 bits per heavy atom. The van der Waals surface area contributed by atoms with Crippen molar-refractivity contribution in [1.29, 1.82) is 0 Å². The topological polar surface area (TPSA) is 122 Å². The van der Waals surface area contributed by atoms with Gasteiger partial charge in [0, 0.05) is 11.5 Å². The van der Waals surface area contributed by atoms with Gasteiger partial charge in [-0.05, 0) is 23.5 Å². The van der Waals surface area contributed by atoms with Gasteiger partial charge in [0.25, 0.3) is 10.3 Å². The second-order valence-electron chi connectivity index (χ2n) is 2.73. The Morgan fingerprint density at radius 1 is 0.812 bits per heavy atom. The molecule has 0 aliphatic carbocycles. The van der Waals surface area contributed by atoms with Crippen LogP contribution in [0.3, 0.4) is 0 Å². The first-order valence-corrected chi connectivity index (χ1v) is 6.77. The highest BCUT2D eigenvalue weighted by atomic mass is 32.2. The minimum absolute atomic E-state index is 0.368. The normalized spacial score (nSPS) is 10.2. The molecule has 0 heterocycles. The van der Waals surface area contributed by atoms with E-state index in [1.54, 1.807) is 0 Å². The molecule has 0 saturated heterocycles. The standard InChI is InChI=1S/C8H18N4O2S2/c9-7(10)15-5-3-13-1-2-14-4-6-16-8(11)12/h1-6H2,(H3,9,10)(H3,11,12)/p+2. The van der Waals surface area contributed by atoms with Gasteiger partial charge in [0.1, 0.15) is 0 Å². The molecule has 94 valence electrons. The molecule has 0 aromatic rings. The lowest BCUT2D eigenvalue weighted by Crippen LogP contribution is -2.43. The van der Waals surface area contributed by atoms with E-state index in [0.717, 1.165) is 11.5 Å². The Kier molecular flexibility index (Phi) is 10.8. The highest BCUT2D eigenvalue weighted by Gasteiger charge is 1.97. The maximum Gasteiger partial charge on any atom is 0.299 e. The van der Waals surface area contributed by atoms with Crippen LogP contribution in [0.5, 0.6) is 0 Å². The first-order chi connectivity index (χ1) is 7.63. The molecule has 0 fully saturated rings. The van der Waals surface area contributed by atoms with Gasteiger partial charge < -0.3 is 9.47 Å². The molecule has 0 bridgehead atoms. The van der Waals surface area contributed by atoms with Crippen LogP contribution >= 0.6 is 23.5 Å². The van der Waals surface area contributed by atoms with E-state index in [1.165, 1.54) is 23.5 Å². The molecule has 0 unspecified atom stereocenters. The maximum atomic E-state index is 5.28. The van der Waals surface area contributed by atoms with Crippen LogP contribution in [0.4, 0.5) is 0 Å². The van der Waals surface area contributed by atoms with Gasteiger partial charge in [-0.3, -0.25) is 22.3 Å². The van der Waals surface area contributed by atoms with E-state index >= 15 is 0 Å². The predicted octanol–water partition coefficient (Wildman–Crippen LogP) is -3.37. The number of thioether (sulfide) groups is 2. The highest BCUT2D eigenvalue weighted by Crippen LogP contribution is 1.96. The van der Waals surface area contributed by atoms with Gasteiger partial charge >= 0.3 is 0 Å². The molecule has 0 aromatic carbocycles. The van der Waals surface area contributed by atoms with E-state index in [2.05, 4.69) is 0 Å². The Labute approximate surface area is 104 Å². The fraction of sp³-hybridized carbons (Fsp3) is 0.750. The van der Waals surface area contributed by atoms with Gasteiger partial charge in [0.15, 0.2) is 0 Å². The monoisotopic (exact) mass is 268 g/mol. The van der Waals surface area contributed by atoms with Crippen LogP contribution in [0.15, 0.2) is 0 Å². The van der Waals surface area contributed by atoms with Crippen molar-refractivity contribution < 1.29 is 20.3 Å². The summed E-state index contributed by atoms with van der Waals surface area (Å²) in [7, 11) is 0. The Balaban J connectivity index is 2.98. The zero-order valence-corrected chi connectivity index (χ0v) is 10.8. The number of hydrogen-bond acceptors (Lipinski definition) is 4. The zero-order valence-electron chi connectivity index (χ0n) is 9.19. The molecule has 0 aliphatic heterocycles. The lowest BCUT2D eigenvalue weighted by atomic mass is 10.7. The van der Waals surface area contributed by atoms with E-state index in [0.29, 0.717) is 36.8 Å². The summed E-state index contributed by atoms with van der Waals surface area (Å²) >= 11 is 2.76. The maximum absolute atomic E-state index is 5.28.